The second-order valence-corrected chi connectivity index (χ2v) is 3.45. The van der Waals surface area contributed by atoms with E-state index < -0.39 is 0 Å². The normalized spacial score (nSPS) is 12.7. The molecule has 1 unspecified atom stereocenters. The van der Waals surface area contributed by atoms with Gasteiger partial charge in [0.15, 0.2) is 6.39 Å². The fraction of sp³-hybridized carbons (Fsp3) is 0.250. The van der Waals surface area contributed by atoms with Gasteiger partial charge in [0, 0.05) is 0 Å². The first-order chi connectivity index (χ1) is 7.33. The van der Waals surface area contributed by atoms with E-state index in [1.807, 2.05) is 37.3 Å². The molecular weight excluding hydrogens is 190 g/mol. The van der Waals surface area contributed by atoms with E-state index in [1.165, 1.54) is 6.39 Å². The summed E-state index contributed by atoms with van der Waals surface area (Å²) in [5.41, 5.74) is 1.87. The first-order valence-corrected chi connectivity index (χ1v) is 4.88. The molecule has 0 amide bonds. The molecule has 0 aliphatic heterocycles. The Morgan fingerprint density at radius 2 is 2.07 bits per heavy atom. The molecule has 0 aliphatic rings. The largest absolute Gasteiger partial charge is 0.447 e. The van der Waals surface area contributed by atoms with Gasteiger partial charge < -0.3 is 9.52 Å². The molecule has 3 heteroatoms. The highest BCUT2D eigenvalue weighted by Gasteiger charge is 2.18. The van der Waals surface area contributed by atoms with E-state index in [1.54, 1.807) is 0 Å². The number of hydrogen-bond acceptors (Lipinski definition) is 3. The topological polar surface area (TPSA) is 46.3 Å². The van der Waals surface area contributed by atoms with Crippen molar-refractivity contribution < 1.29 is 9.52 Å². The van der Waals surface area contributed by atoms with Gasteiger partial charge in [-0.1, -0.05) is 30.3 Å². The van der Waals surface area contributed by atoms with Crippen LogP contribution in [0.2, 0.25) is 0 Å². The molecule has 1 atom stereocenters. The van der Waals surface area contributed by atoms with E-state index in [0.717, 1.165) is 17.0 Å². The number of aliphatic hydroxyl groups excluding tert-OH is 1. The minimum atomic E-state index is -0.117. The summed E-state index contributed by atoms with van der Waals surface area (Å²) in [5.74, 6) is 0.623. The number of aliphatic hydroxyl groups is 1. The Balaban J connectivity index is 2.37. The van der Waals surface area contributed by atoms with Crippen LogP contribution in [0.25, 0.3) is 0 Å². The molecular formula is C12H13NO2. The average Bonchev–Trinajstić information content (AvgIpc) is 2.68. The maximum atomic E-state index is 9.39. The quantitative estimate of drug-likeness (QED) is 0.831. The van der Waals surface area contributed by atoms with Gasteiger partial charge in [0.2, 0.25) is 0 Å². The fourth-order valence-corrected chi connectivity index (χ4v) is 1.67. The Labute approximate surface area is 88.4 Å². The maximum absolute atomic E-state index is 9.39. The van der Waals surface area contributed by atoms with Crippen LogP contribution in [0.5, 0.6) is 0 Å². The molecule has 0 spiro atoms. The lowest BCUT2D eigenvalue weighted by molar-refractivity contribution is 0.265. The van der Waals surface area contributed by atoms with Gasteiger partial charge in [-0.05, 0) is 12.5 Å². The van der Waals surface area contributed by atoms with E-state index in [4.69, 9.17) is 4.42 Å². The lowest BCUT2D eigenvalue weighted by atomic mass is 9.96. The number of nitrogens with zero attached hydrogens (tertiary/aromatic N) is 1. The molecule has 0 fully saturated rings. The summed E-state index contributed by atoms with van der Waals surface area (Å²) in [6.45, 7) is 1.91. The van der Waals surface area contributed by atoms with Crippen molar-refractivity contribution in [3.8, 4) is 0 Å². The van der Waals surface area contributed by atoms with Gasteiger partial charge in [0.05, 0.1) is 18.2 Å². The molecule has 0 saturated carbocycles. The smallest absolute Gasteiger partial charge is 0.181 e. The minimum absolute atomic E-state index is 0.0278. The summed E-state index contributed by atoms with van der Waals surface area (Å²) in [5, 5.41) is 9.39. The van der Waals surface area contributed by atoms with Crippen molar-refractivity contribution in [1.82, 2.24) is 4.98 Å². The number of rotatable bonds is 3. The minimum Gasteiger partial charge on any atom is -0.447 e. The van der Waals surface area contributed by atoms with Crippen LogP contribution < -0.4 is 0 Å². The number of aryl methyl sites for hydroxylation is 1. The molecule has 15 heavy (non-hydrogen) atoms. The second-order valence-electron chi connectivity index (χ2n) is 3.45. The zero-order valence-corrected chi connectivity index (χ0v) is 8.55. The first kappa shape index (κ1) is 9.93. The van der Waals surface area contributed by atoms with Crippen LogP contribution in [0.15, 0.2) is 41.1 Å². The van der Waals surface area contributed by atoms with Gasteiger partial charge in [0.1, 0.15) is 5.76 Å². The van der Waals surface area contributed by atoms with Crippen molar-refractivity contribution in [2.45, 2.75) is 12.8 Å². The summed E-state index contributed by atoms with van der Waals surface area (Å²) in [4.78, 5) is 4.03. The molecule has 0 aliphatic carbocycles. The SMILES string of the molecule is Cc1ncoc1C(CO)c1ccccc1. The Hall–Kier alpha value is -1.61. The van der Waals surface area contributed by atoms with Gasteiger partial charge in [-0.3, -0.25) is 0 Å². The highest BCUT2D eigenvalue weighted by atomic mass is 16.3. The van der Waals surface area contributed by atoms with Crippen LogP contribution in [-0.4, -0.2) is 16.7 Å². The molecule has 1 heterocycles. The molecule has 2 rings (SSSR count). The van der Waals surface area contributed by atoms with Crippen LogP contribution in [0.4, 0.5) is 0 Å². The van der Waals surface area contributed by atoms with Crippen LogP contribution in [-0.2, 0) is 0 Å². The molecule has 0 saturated heterocycles. The van der Waals surface area contributed by atoms with Gasteiger partial charge in [-0.2, -0.15) is 0 Å². The van der Waals surface area contributed by atoms with E-state index in [2.05, 4.69) is 4.98 Å². The van der Waals surface area contributed by atoms with Crippen LogP contribution in [0.3, 0.4) is 0 Å². The molecule has 1 aromatic heterocycles. The van der Waals surface area contributed by atoms with Gasteiger partial charge in [-0.25, -0.2) is 4.98 Å². The molecule has 0 bridgehead atoms. The van der Waals surface area contributed by atoms with Crippen LogP contribution in [0, 0.1) is 6.92 Å². The van der Waals surface area contributed by atoms with Crippen molar-refractivity contribution in [2.24, 2.45) is 0 Å². The summed E-state index contributed by atoms with van der Waals surface area (Å²) in [7, 11) is 0. The van der Waals surface area contributed by atoms with Crippen LogP contribution in [0.1, 0.15) is 22.9 Å². The van der Waals surface area contributed by atoms with Gasteiger partial charge in [-0.15, -0.1) is 0 Å². The summed E-state index contributed by atoms with van der Waals surface area (Å²) in [6, 6.07) is 9.80. The van der Waals surface area contributed by atoms with Crippen molar-refractivity contribution in [1.29, 1.82) is 0 Å². The molecule has 1 N–H and O–H groups in total. The third-order valence-electron chi connectivity index (χ3n) is 2.48. The zero-order chi connectivity index (χ0) is 10.7. The molecule has 0 radical (unpaired) electrons. The van der Waals surface area contributed by atoms with Crippen molar-refractivity contribution in [2.75, 3.05) is 6.61 Å². The van der Waals surface area contributed by atoms with Crippen LogP contribution >= 0.6 is 0 Å². The fourth-order valence-electron chi connectivity index (χ4n) is 1.67. The summed E-state index contributed by atoms with van der Waals surface area (Å²) in [6.07, 6.45) is 1.41. The Kier molecular flexibility index (Phi) is 2.83. The third-order valence-corrected chi connectivity index (χ3v) is 2.48. The average molecular weight is 203 g/mol. The lowest BCUT2D eigenvalue weighted by Gasteiger charge is -2.11. The standard InChI is InChI=1S/C12H13NO2/c1-9-12(15-8-13-9)11(7-14)10-5-3-2-4-6-10/h2-6,8,11,14H,7H2,1H3. The van der Waals surface area contributed by atoms with Gasteiger partial charge in [0.25, 0.3) is 0 Å². The van der Waals surface area contributed by atoms with Crippen molar-refractivity contribution >= 4 is 0 Å². The Morgan fingerprint density at radius 3 is 2.60 bits per heavy atom. The van der Waals surface area contributed by atoms with E-state index in [0.29, 0.717) is 0 Å². The van der Waals surface area contributed by atoms with Gasteiger partial charge >= 0.3 is 0 Å². The summed E-state index contributed by atoms with van der Waals surface area (Å²) < 4.78 is 5.30. The summed E-state index contributed by atoms with van der Waals surface area (Å²) >= 11 is 0. The lowest BCUT2D eigenvalue weighted by Crippen LogP contribution is -2.06. The number of benzene rings is 1. The van der Waals surface area contributed by atoms with Crippen molar-refractivity contribution in [3.63, 3.8) is 0 Å². The van der Waals surface area contributed by atoms with E-state index in [9.17, 15) is 5.11 Å². The second kappa shape index (κ2) is 4.28. The predicted molar refractivity (Wildman–Crippen MR) is 56.6 cm³/mol. The predicted octanol–water partition coefficient (Wildman–Crippen LogP) is 2.11. The first-order valence-electron chi connectivity index (χ1n) is 4.88. The number of oxazole rings is 1. The third kappa shape index (κ3) is 1.92. The van der Waals surface area contributed by atoms with E-state index >= 15 is 0 Å². The molecule has 1 aromatic carbocycles. The maximum Gasteiger partial charge on any atom is 0.181 e. The molecule has 2 aromatic rings. The Bertz CT molecular complexity index is 422. The molecule has 3 nitrogen and oxygen atoms in total. The highest BCUT2D eigenvalue weighted by Crippen LogP contribution is 2.25. The zero-order valence-electron chi connectivity index (χ0n) is 8.55. The molecule has 78 valence electrons. The highest BCUT2D eigenvalue weighted by molar-refractivity contribution is 5.28. The van der Waals surface area contributed by atoms with E-state index in [-0.39, 0.29) is 12.5 Å². The number of hydrogen-bond donors (Lipinski definition) is 1. The monoisotopic (exact) mass is 203 g/mol. The van der Waals surface area contributed by atoms with Crippen molar-refractivity contribution in [3.05, 3.63) is 53.7 Å². The Morgan fingerprint density at radius 1 is 1.33 bits per heavy atom. The number of aromatic nitrogens is 1.